The zero-order chi connectivity index (χ0) is 17.1. The molecule has 3 aromatic rings. The molecular weight excluding hydrogens is 337 g/mol. The molecule has 0 saturated heterocycles. The van der Waals surface area contributed by atoms with Crippen LogP contribution in [0.2, 0.25) is 5.02 Å². The van der Waals surface area contributed by atoms with E-state index in [0.29, 0.717) is 10.9 Å². The highest BCUT2D eigenvalue weighted by atomic mass is 35.5. The fourth-order valence-electron chi connectivity index (χ4n) is 2.10. The molecule has 0 saturated carbocycles. The van der Waals surface area contributed by atoms with Crippen molar-refractivity contribution in [3.63, 3.8) is 0 Å². The summed E-state index contributed by atoms with van der Waals surface area (Å²) < 4.78 is 17.9. The molecule has 2 N–H and O–H groups in total. The van der Waals surface area contributed by atoms with Gasteiger partial charge in [-0.2, -0.15) is 5.10 Å². The van der Waals surface area contributed by atoms with Crippen LogP contribution in [0.4, 0.5) is 10.1 Å². The fourth-order valence-corrected chi connectivity index (χ4v) is 2.31. The maximum Gasteiger partial charge on any atom is 0.359 e. The van der Waals surface area contributed by atoms with Crippen LogP contribution in [0.25, 0.3) is 10.9 Å². The molecule has 1 heterocycles. The maximum absolute atomic E-state index is 12.9. The summed E-state index contributed by atoms with van der Waals surface area (Å²) in [5.74, 6) is -1.85. The number of amides is 1. The number of carbonyl (C=O) groups is 2. The smallest absolute Gasteiger partial charge is 0.359 e. The van der Waals surface area contributed by atoms with Crippen molar-refractivity contribution in [2.75, 3.05) is 11.9 Å². The van der Waals surface area contributed by atoms with Crippen LogP contribution in [0, 0.1) is 5.82 Å². The quantitative estimate of drug-likeness (QED) is 0.710. The highest BCUT2D eigenvalue weighted by Crippen LogP contribution is 2.22. The first kappa shape index (κ1) is 15.9. The Morgan fingerprint density at radius 1 is 1.25 bits per heavy atom. The first-order chi connectivity index (χ1) is 11.5. The molecule has 122 valence electrons. The second kappa shape index (κ2) is 6.67. The Morgan fingerprint density at radius 2 is 2.04 bits per heavy atom. The molecule has 0 aliphatic heterocycles. The molecule has 24 heavy (non-hydrogen) atoms. The van der Waals surface area contributed by atoms with Crippen LogP contribution < -0.4 is 5.32 Å². The number of fused-ring (bicyclic) bond motifs is 1. The van der Waals surface area contributed by atoms with Crippen LogP contribution in [0.1, 0.15) is 10.5 Å². The lowest BCUT2D eigenvalue weighted by molar-refractivity contribution is -0.119. The molecule has 3 rings (SSSR count). The van der Waals surface area contributed by atoms with Crippen LogP contribution in [0.15, 0.2) is 42.5 Å². The Morgan fingerprint density at radius 3 is 2.83 bits per heavy atom. The predicted molar refractivity (Wildman–Crippen MR) is 86.4 cm³/mol. The van der Waals surface area contributed by atoms with Crippen LogP contribution in [-0.4, -0.2) is 28.7 Å². The monoisotopic (exact) mass is 347 g/mol. The Hall–Kier alpha value is -2.93. The van der Waals surface area contributed by atoms with Gasteiger partial charge in [0.15, 0.2) is 12.3 Å². The molecule has 8 heteroatoms. The summed E-state index contributed by atoms with van der Waals surface area (Å²) in [4.78, 5) is 23.8. The minimum absolute atomic E-state index is 0.0490. The summed E-state index contributed by atoms with van der Waals surface area (Å²) >= 11 is 5.81. The molecule has 0 spiro atoms. The lowest BCUT2D eigenvalue weighted by atomic mass is 10.2. The van der Waals surface area contributed by atoms with Gasteiger partial charge in [-0.3, -0.25) is 9.89 Å². The summed E-state index contributed by atoms with van der Waals surface area (Å²) in [5, 5.41) is 9.67. The third-order valence-electron chi connectivity index (χ3n) is 3.20. The van der Waals surface area contributed by atoms with E-state index < -0.39 is 24.3 Å². The lowest BCUT2D eigenvalue weighted by Crippen LogP contribution is -2.21. The van der Waals surface area contributed by atoms with Gasteiger partial charge in [-0.1, -0.05) is 29.8 Å². The number of halogens is 2. The molecular formula is C16H11ClFN3O3. The average molecular weight is 348 g/mol. The van der Waals surface area contributed by atoms with Crippen LogP contribution >= 0.6 is 11.6 Å². The minimum Gasteiger partial charge on any atom is -0.451 e. The molecule has 0 radical (unpaired) electrons. The number of hydrogen-bond donors (Lipinski definition) is 2. The van der Waals surface area contributed by atoms with E-state index in [4.69, 9.17) is 16.3 Å². The van der Waals surface area contributed by atoms with E-state index in [1.807, 2.05) is 0 Å². The molecule has 6 nitrogen and oxygen atoms in total. The van der Waals surface area contributed by atoms with E-state index in [1.165, 1.54) is 6.07 Å². The van der Waals surface area contributed by atoms with Crippen LogP contribution in [0.3, 0.4) is 0 Å². The SMILES string of the molecule is O=C(COC(=O)c1n[nH]c2ccccc12)Nc1ccc(F)cc1Cl. The first-order valence-electron chi connectivity index (χ1n) is 6.90. The van der Waals surface area contributed by atoms with E-state index in [-0.39, 0.29) is 16.4 Å². The molecule has 0 fully saturated rings. The first-order valence-corrected chi connectivity index (χ1v) is 7.27. The number of nitrogens with one attached hydrogen (secondary N) is 2. The van der Waals surface area contributed by atoms with E-state index >= 15 is 0 Å². The number of para-hydroxylation sites is 1. The average Bonchev–Trinajstić information content (AvgIpc) is 2.99. The number of ether oxygens (including phenoxy) is 1. The molecule has 1 aromatic heterocycles. The van der Waals surface area contributed by atoms with Crippen LogP contribution in [-0.2, 0) is 9.53 Å². The van der Waals surface area contributed by atoms with Crippen molar-refractivity contribution in [3.05, 3.63) is 59.0 Å². The number of rotatable bonds is 4. The molecule has 0 unspecified atom stereocenters. The summed E-state index contributed by atoms with van der Waals surface area (Å²) in [6, 6.07) is 10.6. The topological polar surface area (TPSA) is 84.1 Å². The number of aromatic amines is 1. The predicted octanol–water partition coefficient (Wildman–Crippen LogP) is 3.15. The molecule has 0 bridgehead atoms. The van der Waals surface area contributed by atoms with Gasteiger partial charge in [0, 0.05) is 5.39 Å². The van der Waals surface area contributed by atoms with Gasteiger partial charge in [-0.05, 0) is 24.3 Å². The van der Waals surface area contributed by atoms with E-state index in [2.05, 4.69) is 15.5 Å². The van der Waals surface area contributed by atoms with E-state index in [9.17, 15) is 14.0 Å². The number of aromatic nitrogens is 2. The summed E-state index contributed by atoms with van der Waals surface area (Å²) in [6.07, 6.45) is 0. The zero-order valence-corrected chi connectivity index (χ0v) is 12.9. The van der Waals surface area contributed by atoms with Gasteiger partial charge >= 0.3 is 5.97 Å². The second-order valence-corrected chi connectivity index (χ2v) is 5.27. The van der Waals surface area contributed by atoms with Crippen LogP contribution in [0.5, 0.6) is 0 Å². The largest absolute Gasteiger partial charge is 0.451 e. The Balaban J connectivity index is 1.62. The molecule has 1 amide bonds. The van der Waals surface area contributed by atoms with Crippen molar-refractivity contribution in [1.29, 1.82) is 0 Å². The van der Waals surface area contributed by atoms with Crippen molar-refractivity contribution in [3.8, 4) is 0 Å². The second-order valence-electron chi connectivity index (χ2n) is 4.87. The van der Waals surface area contributed by atoms with Crippen molar-refractivity contribution in [1.82, 2.24) is 10.2 Å². The fraction of sp³-hybridized carbons (Fsp3) is 0.0625. The van der Waals surface area contributed by atoms with Gasteiger partial charge in [0.2, 0.25) is 0 Å². The van der Waals surface area contributed by atoms with Crippen molar-refractivity contribution < 1.29 is 18.7 Å². The number of H-pyrrole nitrogens is 1. The summed E-state index contributed by atoms with van der Waals surface area (Å²) in [7, 11) is 0. The molecule has 0 aliphatic rings. The lowest BCUT2D eigenvalue weighted by Gasteiger charge is -2.07. The molecule has 2 aromatic carbocycles. The highest BCUT2D eigenvalue weighted by Gasteiger charge is 2.17. The van der Waals surface area contributed by atoms with E-state index in [1.54, 1.807) is 24.3 Å². The van der Waals surface area contributed by atoms with Gasteiger partial charge in [0.05, 0.1) is 16.2 Å². The summed E-state index contributed by atoms with van der Waals surface area (Å²) in [5.41, 5.74) is 1.01. The number of carbonyl (C=O) groups excluding carboxylic acids is 2. The van der Waals surface area contributed by atoms with Crippen molar-refractivity contribution in [2.24, 2.45) is 0 Å². The third-order valence-corrected chi connectivity index (χ3v) is 3.52. The van der Waals surface area contributed by atoms with E-state index in [0.717, 1.165) is 12.1 Å². The van der Waals surface area contributed by atoms with Gasteiger partial charge in [-0.25, -0.2) is 9.18 Å². The minimum atomic E-state index is -0.729. The zero-order valence-electron chi connectivity index (χ0n) is 12.2. The number of hydrogen-bond acceptors (Lipinski definition) is 4. The molecule has 0 atom stereocenters. The van der Waals surface area contributed by atoms with Gasteiger partial charge in [0.25, 0.3) is 5.91 Å². The Bertz CT molecular complexity index is 926. The summed E-state index contributed by atoms with van der Waals surface area (Å²) in [6.45, 7) is -0.520. The van der Waals surface area contributed by atoms with Crippen molar-refractivity contribution in [2.45, 2.75) is 0 Å². The highest BCUT2D eigenvalue weighted by molar-refractivity contribution is 6.33. The normalized spacial score (nSPS) is 10.6. The number of anilines is 1. The number of nitrogens with zero attached hydrogens (tertiary/aromatic N) is 1. The van der Waals surface area contributed by atoms with Gasteiger partial charge in [-0.15, -0.1) is 0 Å². The number of esters is 1. The number of benzene rings is 2. The Kier molecular flexibility index (Phi) is 4.43. The third kappa shape index (κ3) is 3.36. The van der Waals surface area contributed by atoms with Gasteiger partial charge in [0.1, 0.15) is 5.82 Å². The standard InChI is InChI=1S/C16H11ClFN3O3/c17-11-7-9(18)5-6-13(11)19-14(22)8-24-16(23)15-10-3-1-2-4-12(10)20-21-15/h1-7H,8H2,(H,19,22)(H,20,21). The maximum atomic E-state index is 12.9. The van der Waals surface area contributed by atoms with Crippen molar-refractivity contribution >= 4 is 40.1 Å². The van der Waals surface area contributed by atoms with Gasteiger partial charge < -0.3 is 10.1 Å². The Labute approximate surface area is 140 Å². The molecule has 0 aliphatic carbocycles.